The molecule has 0 spiro atoms. The van der Waals surface area contributed by atoms with Crippen LogP contribution in [0.1, 0.15) is 0 Å². The van der Waals surface area contributed by atoms with Crippen molar-refractivity contribution in [3.8, 4) is 0 Å². The molecule has 1 aromatic heterocycles. The van der Waals surface area contributed by atoms with Crippen molar-refractivity contribution in [1.29, 1.82) is 0 Å². The van der Waals surface area contributed by atoms with Crippen molar-refractivity contribution in [1.82, 2.24) is 9.97 Å². The lowest BCUT2D eigenvalue weighted by atomic mass is 10.3. The molecule has 2 aromatic rings. The van der Waals surface area contributed by atoms with Crippen molar-refractivity contribution in [2.75, 3.05) is 16.8 Å². The second-order valence-electron chi connectivity index (χ2n) is 3.26. The second-order valence-corrected chi connectivity index (χ2v) is 4.97. The number of benzene rings is 1. The summed E-state index contributed by atoms with van der Waals surface area (Å²) < 4.78 is 1.60. The van der Waals surface area contributed by atoms with Gasteiger partial charge in [0, 0.05) is 10.2 Å². The van der Waals surface area contributed by atoms with Gasteiger partial charge in [-0.05, 0) is 40.2 Å². The van der Waals surface area contributed by atoms with Gasteiger partial charge in [0.05, 0.1) is 0 Å². The van der Waals surface area contributed by atoms with Crippen LogP contribution in [0.3, 0.4) is 0 Å². The van der Waals surface area contributed by atoms with E-state index in [9.17, 15) is 0 Å². The van der Waals surface area contributed by atoms with Gasteiger partial charge in [0.2, 0.25) is 5.95 Å². The van der Waals surface area contributed by atoms with Gasteiger partial charge < -0.3 is 16.8 Å². The van der Waals surface area contributed by atoms with Crippen LogP contribution >= 0.6 is 31.9 Å². The topological polar surface area (TPSA) is 89.8 Å². The van der Waals surface area contributed by atoms with E-state index in [0.717, 1.165) is 10.2 Å². The Morgan fingerprint density at radius 2 is 1.65 bits per heavy atom. The second kappa shape index (κ2) is 4.89. The fraction of sp³-hybridized carbons (Fsp3) is 0. The summed E-state index contributed by atoms with van der Waals surface area (Å²) >= 11 is 6.67. The Kier molecular flexibility index (Phi) is 3.49. The zero-order valence-electron chi connectivity index (χ0n) is 8.61. The minimum absolute atomic E-state index is 0.130. The fourth-order valence-corrected chi connectivity index (χ4v) is 1.78. The van der Waals surface area contributed by atoms with Gasteiger partial charge >= 0.3 is 0 Å². The van der Waals surface area contributed by atoms with Crippen molar-refractivity contribution < 1.29 is 0 Å². The first-order chi connectivity index (χ1) is 8.06. The minimum Gasteiger partial charge on any atom is -0.383 e. The summed E-state index contributed by atoms with van der Waals surface area (Å²) in [4.78, 5) is 7.91. The molecule has 0 aliphatic heterocycles. The molecule has 0 bridgehead atoms. The average molecular weight is 359 g/mol. The zero-order chi connectivity index (χ0) is 12.4. The highest BCUT2D eigenvalue weighted by atomic mass is 79.9. The van der Waals surface area contributed by atoms with E-state index < -0.39 is 0 Å². The largest absolute Gasteiger partial charge is 0.383 e. The molecular formula is C10H9Br2N5. The van der Waals surface area contributed by atoms with E-state index in [1.165, 1.54) is 0 Å². The highest BCUT2D eigenvalue weighted by Gasteiger charge is 2.08. The maximum Gasteiger partial charge on any atom is 0.224 e. The third-order valence-electron chi connectivity index (χ3n) is 2.00. The van der Waals surface area contributed by atoms with Crippen molar-refractivity contribution in [2.45, 2.75) is 0 Å². The predicted octanol–water partition coefficient (Wildman–Crippen LogP) is 2.91. The van der Waals surface area contributed by atoms with E-state index in [1.54, 1.807) is 0 Å². The molecular weight excluding hydrogens is 350 g/mol. The molecule has 0 aliphatic rings. The summed E-state index contributed by atoms with van der Waals surface area (Å²) in [6.07, 6.45) is 0. The fourth-order valence-electron chi connectivity index (χ4n) is 1.24. The lowest BCUT2D eigenvalue weighted by Gasteiger charge is -2.09. The van der Waals surface area contributed by atoms with Gasteiger partial charge in [0.1, 0.15) is 10.3 Å². The standard InChI is InChI=1S/C10H9Br2N5/c11-5-1-3-6(4-2-5)15-9-7(12)8(13)16-10(14)17-9/h1-4H,(H5,13,14,15,16,17). The zero-order valence-corrected chi connectivity index (χ0v) is 11.8. The minimum atomic E-state index is 0.130. The van der Waals surface area contributed by atoms with E-state index in [-0.39, 0.29) is 5.95 Å². The van der Waals surface area contributed by atoms with Crippen LogP contribution in [0.25, 0.3) is 0 Å². The Hall–Kier alpha value is -1.34. The number of aromatic nitrogens is 2. The van der Waals surface area contributed by atoms with E-state index in [0.29, 0.717) is 16.1 Å². The normalized spacial score (nSPS) is 10.2. The molecule has 0 radical (unpaired) electrons. The summed E-state index contributed by atoms with van der Waals surface area (Å²) in [5.74, 6) is 0.972. The molecule has 0 saturated carbocycles. The van der Waals surface area contributed by atoms with Crippen LogP contribution in [0.15, 0.2) is 33.2 Å². The number of anilines is 4. The van der Waals surface area contributed by atoms with Gasteiger partial charge in [-0.25, -0.2) is 0 Å². The van der Waals surface area contributed by atoms with Gasteiger partial charge in [-0.2, -0.15) is 9.97 Å². The van der Waals surface area contributed by atoms with Crippen molar-refractivity contribution >= 4 is 55.1 Å². The maximum atomic E-state index is 5.67. The molecule has 0 aliphatic carbocycles. The number of nitrogen functional groups attached to an aromatic ring is 2. The lowest BCUT2D eigenvalue weighted by molar-refractivity contribution is 1.18. The Morgan fingerprint density at radius 1 is 1.00 bits per heavy atom. The number of nitrogens with zero attached hydrogens (tertiary/aromatic N) is 2. The quantitative estimate of drug-likeness (QED) is 0.767. The average Bonchev–Trinajstić information content (AvgIpc) is 2.28. The highest BCUT2D eigenvalue weighted by molar-refractivity contribution is 9.11. The van der Waals surface area contributed by atoms with Crippen LogP contribution in [0.4, 0.5) is 23.3 Å². The van der Waals surface area contributed by atoms with Crippen LogP contribution in [-0.2, 0) is 0 Å². The number of rotatable bonds is 2. The molecule has 2 rings (SSSR count). The van der Waals surface area contributed by atoms with E-state index in [2.05, 4.69) is 47.1 Å². The molecule has 0 unspecified atom stereocenters. The summed E-state index contributed by atoms with van der Waals surface area (Å²) in [5, 5.41) is 3.10. The van der Waals surface area contributed by atoms with E-state index in [4.69, 9.17) is 11.5 Å². The molecule has 0 atom stereocenters. The summed E-state index contributed by atoms with van der Waals surface area (Å²) in [6, 6.07) is 7.66. The molecule has 0 saturated heterocycles. The molecule has 17 heavy (non-hydrogen) atoms. The number of nitrogens with two attached hydrogens (primary N) is 2. The van der Waals surface area contributed by atoms with Gasteiger partial charge in [0.25, 0.3) is 0 Å². The first-order valence-corrected chi connectivity index (χ1v) is 6.26. The Bertz CT molecular complexity index is 541. The smallest absolute Gasteiger partial charge is 0.224 e. The van der Waals surface area contributed by atoms with Crippen LogP contribution in [-0.4, -0.2) is 9.97 Å². The van der Waals surface area contributed by atoms with Gasteiger partial charge in [-0.1, -0.05) is 15.9 Å². The molecule has 0 fully saturated rings. The van der Waals surface area contributed by atoms with Gasteiger partial charge in [-0.3, -0.25) is 0 Å². The van der Waals surface area contributed by atoms with E-state index in [1.807, 2.05) is 24.3 Å². The maximum absolute atomic E-state index is 5.67. The van der Waals surface area contributed by atoms with Crippen molar-refractivity contribution in [3.05, 3.63) is 33.2 Å². The van der Waals surface area contributed by atoms with Crippen molar-refractivity contribution in [2.24, 2.45) is 0 Å². The third-order valence-corrected chi connectivity index (χ3v) is 3.31. The molecule has 5 nitrogen and oxygen atoms in total. The number of hydrogen-bond acceptors (Lipinski definition) is 5. The molecule has 88 valence electrons. The first kappa shape index (κ1) is 12.1. The lowest BCUT2D eigenvalue weighted by Crippen LogP contribution is -2.04. The Labute approximate surface area is 115 Å². The molecule has 1 aromatic carbocycles. The van der Waals surface area contributed by atoms with Crippen LogP contribution < -0.4 is 16.8 Å². The van der Waals surface area contributed by atoms with Crippen LogP contribution in [0.5, 0.6) is 0 Å². The van der Waals surface area contributed by atoms with Crippen molar-refractivity contribution in [3.63, 3.8) is 0 Å². The number of halogens is 2. The van der Waals surface area contributed by atoms with Crippen LogP contribution in [0, 0.1) is 0 Å². The first-order valence-electron chi connectivity index (χ1n) is 4.67. The Morgan fingerprint density at radius 3 is 2.29 bits per heavy atom. The SMILES string of the molecule is Nc1nc(N)c(Br)c(Nc2ccc(Br)cc2)n1. The molecule has 5 N–H and O–H groups in total. The van der Waals surface area contributed by atoms with E-state index >= 15 is 0 Å². The third kappa shape index (κ3) is 2.86. The van der Waals surface area contributed by atoms with Gasteiger partial charge in [0.15, 0.2) is 5.82 Å². The number of nitrogens with one attached hydrogen (secondary N) is 1. The summed E-state index contributed by atoms with van der Waals surface area (Å²) in [6.45, 7) is 0. The highest BCUT2D eigenvalue weighted by Crippen LogP contribution is 2.28. The predicted molar refractivity (Wildman–Crippen MR) is 76.0 cm³/mol. The molecule has 0 amide bonds. The Balaban J connectivity index is 2.32. The molecule has 1 heterocycles. The van der Waals surface area contributed by atoms with Gasteiger partial charge in [-0.15, -0.1) is 0 Å². The molecule has 7 heteroatoms. The monoisotopic (exact) mass is 357 g/mol. The number of hydrogen-bond donors (Lipinski definition) is 3. The summed E-state index contributed by atoms with van der Waals surface area (Å²) in [7, 11) is 0. The summed E-state index contributed by atoms with van der Waals surface area (Å²) in [5.41, 5.74) is 12.1. The van der Waals surface area contributed by atoms with Crippen LogP contribution in [0.2, 0.25) is 0 Å².